The molecule has 0 bridgehead atoms. The third-order valence-corrected chi connectivity index (χ3v) is 19.5. The van der Waals surface area contributed by atoms with Gasteiger partial charge in [0, 0.05) is 83.1 Å². The number of Topliss-reactive ketones (excluding diaryl/α,β-unsaturated/α-hetero) is 1. The lowest BCUT2D eigenvalue weighted by atomic mass is 9.90. The number of guanidine groups is 2. The second-order valence-corrected chi connectivity index (χ2v) is 29.1. The van der Waals surface area contributed by atoms with Crippen molar-refractivity contribution in [1.82, 2.24) is 69.1 Å². The number of nitrogens with two attached hydrogens (primary N) is 2. The largest absolute Gasteiger partial charge is 0.508 e. The molecule has 21 N–H and O–H groups in total. The average Bonchev–Trinajstić information content (AvgIpc) is 1.02. The molecule has 2 aliphatic rings. The smallest absolute Gasteiger partial charge is 0.260 e. The Labute approximate surface area is 704 Å². The molecule has 0 radical (unpaired) electrons. The molecule has 8 atom stereocenters. The highest BCUT2D eigenvalue weighted by molar-refractivity contribution is 5.99. The number of phenols is 2. The monoisotopic (exact) mass is 1680 g/mol. The Hall–Kier alpha value is -13.9. The number of hydrogen-bond acceptors (Lipinski definition) is 22. The quantitative estimate of drug-likeness (QED) is 0.00843. The van der Waals surface area contributed by atoms with Crippen LogP contribution in [0, 0.1) is 16.7 Å². The summed E-state index contributed by atoms with van der Waals surface area (Å²) >= 11 is 0. The SMILES string of the molecule is N=C(N)NCCC[C@@H]1NC(=O)[C@H](CCCNC(=O)CO/N=C/CCC/C=N/OCC(=O)NCCC[C@@H]2NC(=O)[C@@H](Cc3ccc(O)cc3)NC(=O)CNC(=O)[C@H](Cc3ccc4ccccc4c3)NC(=O)[C@H](CCCNC(=N)N)NC2=O)CC(=O)[C@@H](Cc2ccc(O)cc2)NC(=O)CNC(=O)[C@H](Cc2ccc3ccccc3c2)NC1=O.O=CCCCC=O. The number of phenolic OH excluding ortho intramolecular Hbond substituents is 2. The molecule has 2 heterocycles. The lowest BCUT2D eigenvalue weighted by Gasteiger charge is -2.26. The summed E-state index contributed by atoms with van der Waals surface area (Å²) in [6.45, 7) is -1.79. The number of rotatable bonds is 38. The van der Waals surface area contributed by atoms with E-state index in [-0.39, 0.29) is 127 Å². The van der Waals surface area contributed by atoms with Crippen molar-refractivity contribution < 1.29 is 87.0 Å². The summed E-state index contributed by atoms with van der Waals surface area (Å²) in [6.07, 6.45) is 7.62. The first kappa shape index (κ1) is 95.2. The number of fused-ring (bicyclic) bond motifs is 2. The van der Waals surface area contributed by atoms with E-state index >= 15 is 0 Å². The number of nitrogens with one attached hydrogen (secondary N) is 15. The third kappa shape index (κ3) is 35.3. The number of nitrogens with zero attached hydrogens (tertiary/aromatic N) is 2. The van der Waals surface area contributed by atoms with Crippen molar-refractivity contribution in [3.63, 3.8) is 0 Å². The zero-order valence-electron chi connectivity index (χ0n) is 67.7. The molecule has 2 saturated heterocycles. The van der Waals surface area contributed by atoms with Crippen LogP contribution < -0.4 is 80.6 Å². The maximum absolute atomic E-state index is 14.5. The van der Waals surface area contributed by atoms with Gasteiger partial charge in [0.1, 0.15) is 60.3 Å². The predicted octanol–water partition coefficient (Wildman–Crippen LogP) is 0.952. The molecule has 0 saturated carbocycles. The predicted molar refractivity (Wildman–Crippen MR) is 453 cm³/mol. The zero-order chi connectivity index (χ0) is 88.0. The van der Waals surface area contributed by atoms with Crippen LogP contribution >= 0.6 is 0 Å². The minimum absolute atomic E-state index is 0.00247. The van der Waals surface area contributed by atoms with Gasteiger partial charge in [-0.15, -0.1) is 0 Å². The summed E-state index contributed by atoms with van der Waals surface area (Å²) < 4.78 is 0. The molecule has 0 spiro atoms. The van der Waals surface area contributed by atoms with Crippen molar-refractivity contribution in [3.05, 3.63) is 156 Å². The normalized spacial score (nSPS) is 19.0. The molecular formula is C85H109N19O18. The average molecular weight is 1680 g/mol. The van der Waals surface area contributed by atoms with E-state index < -0.39 is 152 Å². The van der Waals surface area contributed by atoms with Crippen LogP contribution in [0.15, 0.2) is 144 Å². The van der Waals surface area contributed by atoms with E-state index in [4.69, 9.17) is 32.0 Å². The van der Waals surface area contributed by atoms with Gasteiger partial charge in [0.15, 0.2) is 30.9 Å². The first-order valence-electron chi connectivity index (χ1n) is 40.4. The molecule has 37 nitrogen and oxygen atoms in total. The van der Waals surface area contributed by atoms with E-state index in [2.05, 4.69) is 79.4 Å². The van der Waals surface area contributed by atoms with Crippen LogP contribution in [0.4, 0.5) is 0 Å². The van der Waals surface area contributed by atoms with E-state index in [0.29, 0.717) is 60.8 Å². The van der Waals surface area contributed by atoms with E-state index in [1.54, 1.807) is 24.3 Å². The lowest BCUT2D eigenvalue weighted by Crippen LogP contribution is -2.58. The van der Waals surface area contributed by atoms with Gasteiger partial charge in [-0.2, -0.15) is 0 Å². The van der Waals surface area contributed by atoms with E-state index in [9.17, 15) is 77.3 Å². The summed E-state index contributed by atoms with van der Waals surface area (Å²) in [5.74, 6) is -10.1. The Morgan fingerprint density at radius 2 is 0.746 bits per heavy atom. The van der Waals surface area contributed by atoms with Crippen molar-refractivity contribution in [1.29, 1.82) is 10.8 Å². The number of aldehydes is 2. The van der Waals surface area contributed by atoms with Gasteiger partial charge in [0.05, 0.1) is 19.1 Å². The summed E-state index contributed by atoms with van der Waals surface area (Å²) in [5.41, 5.74) is 13.5. The topological polar surface area (TPSA) is 579 Å². The van der Waals surface area contributed by atoms with Crippen molar-refractivity contribution in [2.24, 2.45) is 27.7 Å². The lowest BCUT2D eigenvalue weighted by molar-refractivity contribution is -0.134. The number of amides is 11. The molecule has 0 aliphatic carbocycles. The molecule has 6 aromatic carbocycles. The molecule has 6 aromatic rings. The second-order valence-electron chi connectivity index (χ2n) is 29.1. The fourth-order valence-electron chi connectivity index (χ4n) is 13.0. The van der Waals surface area contributed by atoms with Crippen LogP contribution in [0.5, 0.6) is 11.5 Å². The summed E-state index contributed by atoms with van der Waals surface area (Å²) in [7, 11) is 0. The number of carbonyl (C=O) groups excluding carboxylic acids is 14. The Morgan fingerprint density at radius 1 is 0.402 bits per heavy atom. The van der Waals surface area contributed by atoms with Gasteiger partial charge >= 0.3 is 0 Å². The standard InChI is InChI=1S/C80H101N19O16.C5H8O2/c81-79(82)87-34-10-18-60-76(111)98-64(42-51-20-26-53-12-2-4-14-55(53)38-51)73(108)89-45-68(103)93-63(40-49-22-28-58(100)29-23-49)67(102)44-57(72(107)95-60)16-8-32-85-70(105)47-114-91-36-6-1-7-37-92-115-48-71(106)86-33-9-17-61-75(110)96-62(19-11-35-88-80(83)84)77(112)99-65(43-52-21-27-54-13-3-5-15-56(54)39-52)74(109)90-46-69(104)94-66(78(113)97-61)41-50-24-30-59(101)31-25-50;6-4-2-1-3-5-7/h2-5,12-15,20-31,36-39,57,60-66,100-101H,1,6-11,16-19,32-35,40-48H2,(H,85,105)(H,86,106)(H,89,108)(H,90,109)(H,93,103)(H,94,104)(H,95,107)(H,96,110)(H,97,113)(H,98,111)(H,99,112)(H4,81,82,87)(H4,83,84,88);4-5H,1-3H2/b91-36+,92-37+;/t57-,60+,61+,62+,63-,64+,65+,66-;/m1./s1. The fourth-order valence-corrected chi connectivity index (χ4v) is 13.0. The van der Waals surface area contributed by atoms with Crippen LogP contribution in [0.1, 0.15) is 119 Å². The van der Waals surface area contributed by atoms with E-state index in [1.165, 1.54) is 36.7 Å². The number of aromatic hydroxyl groups is 2. The zero-order valence-corrected chi connectivity index (χ0v) is 67.7. The Balaban J connectivity index is 0.00000280. The van der Waals surface area contributed by atoms with Crippen LogP contribution in [0.2, 0.25) is 0 Å². The number of ketones is 1. The third-order valence-electron chi connectivity index (χ3n) is 19.5. The van der Waals surface area contributed by atoms with Crippen molar-refractivity contribution in [2.75, 3.05) is 52.5 Å². The molecule has 2 aliphatic heterocycles. The van der Waals surface area contributed by atoms with Gasteiger partial charge < -0.3 is 110 Å². The van der Waals surface area contributed by atoms with Gasteiger partial charge in [-0.05, 0) is 152 Å². The van der Waals surface area contributed by atoms with Crippen molar-refractivity contribution in [2.45, 2.75) is 164 Å². The molecule has 0 unspecified atom stereocenters. The second kappa shape index (κ2) is 52.1. The van der Waals surface area contributed by atoms with Crippen LogP contribution in [-0.4, -0.2) is 213 Å². The number of hydrogen-bond donors (Lipinski definition) is 19. The highest BCUT2D eigenvalue weighted by Crippen LogP contribution is 2.22. The fraction of sp³-hybridized carbons (Fsp3) is 0.412. The van der Waals surface area contributed by atoms with Crippen molar-refractivity contribution in [3.8, 4) is 11.5 Å². The highest BCUT2D eigenvalue weighted by Gasteiger charge is 2.36. The summed E-state index contributed by atoms with van der Waals surface area (Å²) in [5, 5.41) is 81.6. The number of carbonyl (C=O) groups is 14. The maximum Gasteiger partial charge on any atom is 0.260 e. The van der Waals surface area contributed by atoms with E-state index in [0.717, 1.165) is 34.1 Å². The molecule has 0 aromatic heterocycles. The van der Waals surface area contributed by atoms with Crippen LogP contribution in [0.25, 0.3) is 21.5 Å². The van der Waals surface area contributed by atoms with Gasteiger partial charge in [-0.25, -0.2) is 0 Å². The van der Waals surface area contributed by atoms with Crippen LogP contribution in [-0.2, 0) is 102 Å². The Morgan fingerprint density at radius 3 is 1.17 bits per heavy atom. The molecule has 8 rings (SSSR count). The number of oxime groups is 2. The van der Waals surface area contributed by atoms with Gasteiger partial charge in [0.2, 0.25) is 53.2 Å². The van der Waals surface area contributed by atoms with Gasteiger partial charge in [0.25, 0.3) is 11.8 Å². The highest BCUT2D eigenvalue weighted by atomic mass is 16.6. The van der Waals surface area contributed by atoms with Crippen molar-refractivity contribution >= 4 is 129 Å². The molecule has 11 amide bonds. The van der Waals surface area contributed by atoms with E-state index in [1.807, 2.05) is 84.9 Å². The minimum atomic E-state index is -1.35. The molecule has 37 heteroatoms. The summed E-state index contributed by atoms with van der Waals surface area (Å²) in [4.78, 5) is 197. The number of unbranched alkanes of at least 4 members (excludes halogenated alkanes) is 4. The van der Waals surface area contributed by atoms with Gasteiger partial charge in [-0.3, -0.25) is 68.4 Å². The van der Waals surface area contributed by atoms with Gasteiger partial charge in [-0.1, -0.05) is 120 Å². The molecular weight excluding hydrogens is 1580 g/mol. The number of benzene rings is 6. The van der Waals surface area contributed by atoms with Crippen LogP contribution in [0.3, 0.4) is 0 Å². The first-order chi connectivity index (χ1) is 58.8. The molecule has 652 valence electrons. The maximum atomic E-state index is 14.5. The minimum Gasteiger partial charge on any atom is -0.508 e. The molecule has 2 fully saturated rings. The summed E-state index contributed by atoms with van der Waals surface area (Å²) in [6, 6.07) is 29.3. The Kier molecular flexibility index (Phi) is 40.7. The molecule has 122 heavy (non-hydrogen) atoms. The first-order valence-corrected chi connectivity index (χ1v) is 40.4. The Bertz CT molecular complexity index is 4340.